The monoisotopic (exact) mass is 237 g/mol. The standard InChI is InChI=1S/C13H19NO3/c1-8-5-10(9(2)17-8)13(3)7-14-6-11(13)12(15)16-4/h5,11,14H,6-7H2,1-4H3. The van der Waals surface area contributed by atoms with Crippen molar-refractivity contribution in [2.75, 3.05) is 20.2 Å². The summed E-state index contributed by atoms with van der Waals surface area (Å²) >= 11 is 0. The Kier molecular flexibility index (Phi) is 3.00. The molecular formula is C13H19NO3. The highest BCUT2D eigenvalue weighted by Crippen LogP contribution is 2.38. The number of rotatable bonds is 2. The molecule has 17 heavy (non-hydrogen) atoms. The van der Waals surface area contributed by atoms with Crippen LogP contribution in [0.3, 0.4) is 0 Å². The summed E-state index contributed by atoms with van der Waals surface area (Å²) in [6.07, 6.45) is 0. The zero-order chi connectivity index (χ0) is 12.6. The first-order chi connectivity index (χ1) is 7.99. The summed E-state index contributed by atoms with van der Waals surface area (Å²) in [6.45, 7) is 7.39. The first-order valence-electron chi connectivity index (χ1n) is 5.85. The quantitative estimate of drug-likeness (QED) is 0.793. The molecule has 0 spiro atoms. The number of aryl methyl sites for hydroxylation is 2. The highest BCUT2D eigenvalue weighted by atomic mass is 16.5. The number of ether oxygens (including phenoxy) is 1. The average Bonchev–Trinajstić information content (AvgIpc) is 2.82. The third kappa shape index (κ3) is 1.86. The Labute approximate surface area is 101 Å². The van der Waals surface area contributed by atoms with Crippen molar-refractivity contribution in [2.24, 2.45) is 5.92 Å². The number of esters is 1. The van der Waals surface area contributed by atoms with Gasteiger partial charge in [0, 0.05) is 24.1 Å². The molecule has 94 valence electrons. The van der Waals surface area contributed by atoms with Gasteiger partial charge in [0.1, 0.15) is 11.5 Å². The number of hydrogen-bond donors (Lipinski definition) is 1. The van der Waals surface area contributed by atoms with Crippen LogP contribution in [0.25, 0.3) is 0 Å². The molecule has 2 heterocycles. The van der Waals surface area contributed by atoms with Gasteiger partial charge in [-0.05, 0) is 19.9 Å². The van der Waals surface area contributed by atoms with E-state index < -0.39 is 0 Å². The Bertz CT molecular complexity index is 438. The zero-order valence-electron chi connectivity index (χ0n) is 10.8. The van der Waals surface area contributed by atoms with E-state index in [-0.39, 0.29) is 17.3 Å². The molecular weight excluding hydrogens is 218 g/mol. The lowest BCUT2D eigenvalue weighted by Crippen LogP contribution is -2.37. The highest BCUT2D eigenvalue weighted by molar-refractivity contribution is 5.75. The summed E-state index contributed by atoms with van der Waals surface area (Å²) in [6, 6.07) is 2.03. The first kappa shape index (κ1) is 12.2. The second-order valence-electron chi connectivity index (χ2n) is 4.95. The molecule has 1 aliphatic rings. The summed E-state index contributed by atoms with van der Waals surface area (Å²) in [5.41, 5.74) is 0.866. The minimum Gasteiger partial charge on any atom is -0.469 e. The predicted molar refractivity (Wildman–Crippen MR) is 63.9 cm³/mol. The molecule has 1 N–H and O–H groups in total. The summed E-state index contributed by atoms with van der Waals surface area (Å²) in [5, 5.41) is 3.27. The second-order valence-corrected chi connectivity index (χ2v) is 4.95. The van der Waals surface area contributed by atoms with Crippen molar-refractivity contribution in [1.82, 2.24) is 5.32 Å². The predicted octanol–water partition coefficient (Wildman–Crippen LogP) is 1.55. The Balaban J connectivity index is 2.40. The van der Waals surface area contributed by atoms with Crippen LogP contribution in [0.15, 0.2) is 10.5 Å². The smallest absolute Gasteiger partial charge is 0.310 e. The van der Waals surface area contributed by atoms with Crippen LogP contribution in [0.5, 0.6) is 0 Å². The molecule has 1 aromatic rings. The molecule has 1 fully saturated rings. The van der Waals surface area contributed by atoms with Gasteiger partial charge >= 0.3 is 5.97 Å². The van der Waals surface area contributed by atoms with Gasteiger partial charge in [0.25, 0.3) is 0 Å². The molecule has 2 unspecified atom stereocenters. The van der Waals surface area contributed by atoms with Crippen LogP contribution in [0.4, 0.5) is 0 Å². The molecule has 1 saturated heterocycles. The first-order valence-corrected chi connectivity index (χ1v) is 5.85. The molecule has 0 radical (unpaired) electrons. The van der Waals surface area contributed by atoms with E-state index in [2.05, 4.69) is 12.2 Å². The van der Waals surface area contributed by atoms with Crippen LogP contribution in [0.2, 0.25) is 0 Å². The Morgan fingerprint density at radius 1 is 1.59 bits per heavy atom. The van der Waals surface area contributed by atoms with Gasteiger partial charge in [0.2, 0.25) is 0 Å². The fourth-order valence-corrected chi connectivity index (χ4v) is 2.79. The van der Waals surface area contributed by atoms with E-state index in [1.807, 2.05) is 19.9 Å². The number of methoxy groups -OCH3 is 1. The Hall–Kier alpha value is -1.29. The van der Waals surface area contributed by atoms with Gasteiger partial charge in [-0.25, -0.2) is 0 Å². The summed E-state index contributed by atoms with van der Waals surface area (Å²) in [7, 11) is 1.44. The van der Waals surface area contributed by atoms with Crippen LogP contribution in [-0.4, -0.2) is 26.2 Å². The maximum absolute atomic E-state index is 11.8. The van der Waals surface area contributed by atoms with Crippen molar-refractivity contribution in [1.29, 1.82) is 0 Å². The molecule has 0 aromatic carbocycles. The van der Waals surface area contributed by atoms with Crippen LogP contribution in [0, 0.1) is 19.8 Å². The lowest BCUT2D eigenvalue weighted by molar-refractivity contribution is -0.146. The third-order valence-corrected chi connectivity index (χ3v) is 3.75. The molecule has 1 aliphatic heterocycles. The van der Waals surface area contributed by atoms with E-state index in [0.29, 0.717) is 6.54 Å². The van der Waals surface area contributed by atoms with Crippen molar-refractivity contribution in [2.45, 2.75) is 26.2 Å². The molecule has 4 nitrogen and oxygen atoms in total. The van der Waals surface area contributed by atoms with Gasteiger partial charge in [-0.2, -0.15) is 0 Å². The van der Waals surface area contributed by atoms with Gasteiger partial charge < -0.3 is 14.5 Å². The fraction of sp³-hybridized carbons (Fsp3) is 0.615. The van der Waals surface area contributed by atoms with Crippen molar-refractivity contribution in [3.63, 3.8) is 0 Å². The summed E-state index contributed by atoms with van der Waals surface area (Å²) in [5.74, 6) is 1.47. The van der Waals surface area contributed by atoms with Crippen LogP contribution >= 0.6 is 0 Å². The summed E-state index contributed by atoms with van der Waals surface area (Å²) in [4.78, 5) is 11.8. The van der Waals surface area contributed by atoms with Crippen molar-refractivity contribution in [3.8, 4) is 0 Å². The van der Waals surface area contributed by atoms with E-state index in [4.69, 9.17) is 9.15 Å². The van der Waals surface area contributed by atoms with Gasteiger partial charge in [-0.3, -0.25) is 4.79 Å². The number of carbonyl (C=O) groups excluding carboxylic acids is 1. The van der Waals surface area contributed by atoms with Gasteiger partial charge in [0.15, 0.2) is 0 Å². The van der Waals surface area contributed by atoms with Gasteiger partial charge in [0.05, 0.1) is 13.0 Å². The highest BCUT2D eigenvalue weighted by Gasteiger charge is 2.46. The summed E-state index contributed by atoms with van der Waals surface area (Å²) < 4.78 is 10.5. The maximum atomic E-state index is 11.8. The molecule has 4 heteroatoms. The minimum absolute atomic E-state index is 0.150. The third-order valence-electron chi connectivity index (χ3n) is 3.75. The van der Waals surface area contributed by atoms with Gasteiger partial charge in [-0.15, -0.1) is 0 Å². The normalized spacial score (nSPS) is 28.4. The van der Waals surface area contributed by atoms with E-state index in [1.54, 1.807) is 0 Å². The second kappa shape index (κ2) is 4.18. The molecule has 2 rings (SSSR count). The lowest BCUT2D eigenvalue weighted by atomic mass is 9.74. The van der Waals surface area contributed by atoms with E-state index in [9.17, 15) is 4.79 Å². The molecule has 1 aromatic heterocycles. The van der Waals surface area contributed by atoms with Crippen LogP contribution < -0.4 is 5.32 Å². The number of furan rings is 1. The van der Waals surface area contributed by atoms with E-state index in [1.165, 1.54) is 7.11 Å². The molecule has 0 amide bonds. The lowest BCUT2D eigenvalue weighted by Gasteiger charge is -2.28. The maximum Gasteiger partial charge on any atom is 0.310 e. The van der Waals surface area contributed by atoms with Crippen molar-refractivity contribution in [3.05, 3.63) is 23.2 Å². The average molecular weight is 237 g/mol. The fourth-order valence-electron chi connectivity index (χ4n) is 2.79. The molecule has 0 aliphatic carbocycles. The van der Waals surface area contributed by atoms with E-state index >= 15 is 0 Å². The largest absolute Gasteiger partial charge is 0.469 e. The Morgan fingerprint density at radius 3 is 2.82 bits per heavy atom. The number of carbonyl (C=O) groups is 1. The zero-order valence-corrected chi connectivity index (χ0v) is 10.8. The van der Waals surface area contributed by atoms with Crippen molar-refractivity contribution >= 4 is 5.97 Å². The number of hydrogen-bond acceptors (Lipinski definition) is 4. The number of nitrogens with one attached hydrogen (secondary N) is 1. The topological polar surface area (TPSA) is 51.5 Å². The van der Waals surface area contributed by atoms with Gasteiger partial charge in [-0.1, -0.05) is 6.92 Å². The SMILES string of the molecule is COC(=O)C1CNCC1(C)c1cc(C)oc1C. The van der Waals surface area contributed by atoms with Crippen LogP contribution in [0.1, 0.15) is 24.0 Å². The molecule has 0 saturated carbocycles. The molecule has 0 bridgehead atoms. The minimum atomic E-state index is -0.241. The van der Waals surface area contributed by atoms with E-state index in [0.717, 1.165) is 23.6 Å². The van der Waals surface area contributed by atoms with Crippen molar-refractivity contribution < 1.29 is 13.9 Å². The Morgan fingerprint density at radius 2 is 2.29 bits per heavy atom. The molecule has 2 atom stereocenters. The van der Waals surface area contributed by atoms with Crippen LogP contribution in [-0.2, 0) is 14.9 Å².